The quantitative estimate of drug-likeness (QED) is 0.509. The van der Waals surface area contributed by atoms with E-state index in [2.05, 4.69) is 29.9 Å². The highest BCUT2D eigenvalue weighted by Crippen LogP contribution is 2.19. The maximum atomic E-state index is 10.6. The van der Waals surface area contributed by atoms with E-state index in [9.17, 15) is 8.42 Å². The lowest BCUT2D eigenvalue weighted by molar-refractivity contribution is 0.239. The molecule has 1 fully saturated rings. The van der Waals surface area contributed by atoms with Crippen molar-refractivity contribution in [3.63, 3.8) is 0 Å². The molecular formula is C9H14ClNO2S. The normalized spacial score (nSPS) is 23.6. The molecule has 0 aromatic heterocycles. The molecule has 0 bridgehead atoms. The molecule has 0 aromatic rings. The number of hydrogen-bond acceptors (Lipinski definition) is 3. The van der Waals surface area contributed by atoms with E-state index in [4.69, 9.17) is 10.7 Å². The zero-order chi connectivity index (χ0) is 10.8. The van der Waals surface area contributed by atoms with Crippen LogP contribution in [0.25, 0.3) is 0 Å². The van der Waals surface area contributed by atoms with Crippen molar-refractivity contribution in [3.8, 4) is 11.2 Å². The molecule has 1 saturated heterocycles. The minimum Gasteiger partial charge on any atom is -0.287 e. The standard InChI is InChI=1S/C9H14ClNO2S/c1-8(2)11-6-3-4-9(11)5-7-14(10,12)13/h8-9H,3-4,6H2,1-2H3. The molecule has 1 aliphatic rings. The average Bonchev–Trinajstić information content (AvgIpc) is 2.46. The van der Waals surface area contributed by atoms with Gasteiger partial charge in [-0.15, -0.1) is 0 Å². The fraction of sp³-hybridized carbons (Fsp3) is 0.778. The molecule has 0 aromatic carbocycles. The minimum absolute atomic E-state index is 0.0449. The summed E-state index contributed by atoms with van der Waals surface area (Å²) >= 11 is 0. The molecule has 3 nitrogen and oxygen atoms in total. The number of likely N-dealkylation sites (tertiary alicyclic amines) is 1. The molecular weight excluding hydrogens is 222 g/mol. The van der Waals surface area contributed by atoms with Gasteiger partial charge in [0.25, 0.3) is 0 Å². The van der Waals surface area contributed by atoms with Gasteiger partial charge in [0.15, 0.2) is 0 Å². The molecule has 1 aliphatic heterocycles. The van der Waals surface area contributed by atoms with Crippen LogP contribution in [0.2, 0.25) is 0 Å². The van der Waals surface area contributed by atoms with E-state index in [0.717, 1.165) is 19.4 Å². The second-order valence-corrected chi connectivity index (χ2v) is 5.97. The van der Waals surface area contributed by atoms with Crippen molar-refractivity contribution in [1.29, 1.82) is 0 Å². The average molecular weight is 236 g/mol. The Morgan fingerprint density at radius 2 is 2.14 bits per heavy atom. The maximum Gasteiger partial charge on any atom is 0.300 e. The third-order valence-corrected chi connectivity index (χ3v) is 2.90. The monoisotopic (exact) mass is 235 g/mol. The van der Waals surface area contributed by atoms with E-state index in [0.29, 0.717) is 6.04 Å². The number of rotatable bonds is 1. The number of halogens is 1. The first kappa shape index (κ1) is 11.8. The van der Waals surface area contributed by atoms with E-state index in [1.807, 2.05) is 0 Å². The molecule has 0 saturated carbocycles. The molecule has 80 valence electrons. The summed E-state index contributed by atoms with van der Waals surface area (Å²) in [5.74, 6) is 2.71. The second kappa shape index (κ2) is 4.52. The summed E-state index contributed by atoms with van der Waals surface area (Å²) < 4.78 is 21.3. The molecule has 1 heterocycles. The van der Waals surface area contributed by atoms with Gasteiger partial charge in [-0.3, -0.25) is 4.90 Å². The van der Waals surface area contributed by atoms with Crippen molar-refractivity contribution in [1.82, 2.24) is 4.90 Å². The predicted molar refractivity (Wildman–Crippen MR) is 57.4 cm³/mol. The first-order valence-electron chi connectivity index (χ1n) is 4.63. The fourth-order valence-electron chi connectivity index (χ4n) is 1.70. The van der Waals surface area contributed by atoms with Gasteiger partial charge in [0.05, 0.1) is 6.04 Å². The van der Waals surface area contributed by atoms with Crippen LogP contribution in [0.3, 0.4) is 0 Å². The molecule has 1 unspecified atom stereocenters. The molecule has 1 atom stereocenters. The Hall–Kier alpha value is -0.240. The zero-order valence-corrected chi connectivity index (χ0v) is 9.90. The van der Waals surface area contributed by atoms with E-state index in [1.165, 1.54) is 0 Å². The Labute approximate surface area is 89.8 Å². The van der Waals surface area contributed by atoms with E-state index < -0.39 is 9.05 Å². The third-order valence-electron chi connectivity index (χ3n) is 2.30. The number of hydrogen-bond donors (Lipinski definition) is 0. The molecule has 0 amide bonds. The van der Waals surface area contributed by atoms with Crippen molar-refractivity contribution >= 4 is 19.7 Å². The molecule has 0 spiro atoms. The van der Waals surface area contributed by atoms with Gasteiger partial charge in [-0.1, -0.05) is 5.92 Å². The van der Waals surface area contributed by atoms with Crippen LogP contribution in [0.15, 0.2) is 0 Å². The first-order chi connectivity index (χ1) is 6.40. The zero-order valence-electron chi connectivity index (χ0n) is 8.33. The van der Waals surface area contributed by atoms with Crippen molar-refractivity contribution in [3.05, 3.63) is 0 Å². The Morgan fingerprint density at radius 3 is 2.64 bits per heavy atom. The highest BCUT2D eigenvalue weighted by molar-refractivity contribution is 8.17. The largest absolute Gasteiger partial charge is 0.300 e. The van der Waals surface area contributed by atoms with Crippen LogP contribution < -0.4 is 0 Å². The highest BCUT2D eigenvalue weighted by atomic mass is 35.7. The van der Waals surface area contributed by atoms with Crippen molar-refractivity contribution in [2.24, 2.45) is 0 Å². The highest BCUT2D eigenvalue weighted by Gasteiger charge is 2.24. The lowest BCUT2D eigenvalue weighted by Crippen LogP contribution is -2.34. The summed E-state index contributed by atoms with van der Waals surface area (Å²) in [7, 11) is 1.34. The Morgan fingerprint density at radius 1 is 1.50 bits per heavy atom. The van der Waals surface area contributed by atoms with Crippen molar-refractivity contribution < 1.29 is 8.42 Å². The van der Waals surface area contributed by atoms with Gasteiger partial charge in [0.1, 0.15) is 0 Å². The summed E-state index contributed by atoms with van der Waals surface area (Å²) in [6.07, 6.45) is 2.00. The van der Waals surface area contributed by atoms with E-state index in [-0.39, 0.29) is 6.04 Å². The molecule has 14 heavy (non-hydrogen) atoms. The molecule has 0 N–H and O–H groups in total. The topological polar surface area (TPSA) is 37.4 Å². The van der Waals surface area contributed by atoms with Crippen LogP contribution in [0.1, 0.15) is 26.7 Å². The SMILES string of the molecule is CC(C)N1CCCC1C#CS(=O)(=O)Cl. The van der Waals surface area contributed by atoms with Gasteiger partial charge < -0.3 is 0 Å². The smallest absolute Gasteiger partial charge is 0.287 e. The lowest BCUT2D eigenvalue weighted by atomic mass is 10.2. The third kappa shape index (κ3) is 3.49. The summed E-state index contributed by atoms with van der Waals surface area (Å²) in [5.41, 5.74) is 0. The van der Waals surface area contributed by atoms with Crippen molar-refractivity contribution in [2.45, 2.75) is 38.8 Å². The Kier molecular flexibility index (Phi) is 3.82. The van der Waals surface area contributed by atoms with Gasteiger partial charge in [-0.2, -0.15) is 8.42 Å². The lowest BCUT2D eigenvalue weighted by Gasteiger charge is -2.24. The predicted octanol–water partition coefficient (Wildman–Crippen LogP) is 1.39. The molecule has 1 rings (SSSR count). The van der Waals surface area contributed by atoms with Gasteiger partial charge in [-0.25, -0.2) is 0 Å². The maximum absolute atomic E-state index is 10.6. The van der Waals surface area contributed by atoms with Gasteiger partial charge in [0.2, 0.25) is 0 Å². The molecule has 5 heteroatoms. The summed E-state index contributed by atoms with van der Waals surface area (Å²) in [4.78, 5) is 2.19. The van der Waals surface area contributed by atoms with Crippen molar-refractivity contribution in [2.75, 3.05) is 6.54 Å². The summed E-state index contributed by atoms with van der Waals surface area (Å²) in [6.45, 7) is 5.14. The van der Waals surface area contributed by atoms with Crippen LogP contribution in [0.4, 0.5) is 0 Å². The second-order valence-electron chi connectivity index (χ2n) is 3.67. The van der Waals surface area contributed by atoms with Crippen LogP contribution in [-0.4, -0.2) is 31.9 Å². The summed E-state index contributed by atoms with van der Waals surface area (Å²) in [5, 5.41) is 2.09. The Bertz CT molecular complexity index is 353. The molecule has 0 aliphatic carbocycles. The van der Waals surface area contributed by atoms with Gasteiger partial charge in [-0.05, 0) is 33.2 Å². The van der Waals surface area contributed by atoms with Crippen LogP contribution in [0.5, 0.6) is 0 Å². The van der Waals surface area contributed by atoms with Gasteiger partial charge >= 0.3 is 9.05 Å². The van der Waals surface area contributed by atoms with Crippen LogP contribution in [-0.2, 0) is 9.05 Å². The fourth-order valence-corrected chi connectivity index (χ4v) is 2.11. The Balaban J connectivity index is 2.72. The minimum atomic E-state index is -3.68. The van der Waals surface area contributed by atoms with Crippen LogP contribution in [0, 0.1) is 11.2 Å². The van der Waals surface area contributed by atoms with E-state index in [1.54, 1.807) is 0 Å². The van der Waals surface area contributed by atoms with Gasteiger partial charge in [0, 0.05) is 22.0 Å². The van der Waals surface area contributed by atoms with Crippen LogP contribution >= 0.6 is 10.7 Å². The molecule has 0 radical (unpaired) electrons. The number of nitrogens with zero attached hydrogens (tertiary/aromatic N) is 1. The first-order valence-corrected chi connectivity index (χ1v) is 6.94. The van der Waals surface area contributed by atoms with E-state index >= 15 is 0 Å². The summed E-state index contributed by atoms with van der Waals surface area (Å²) in [6, 6.07) is 0.443.